The van der Waals surface area contributed by atoms with Gasteiger partial charge in [-0.3, -0.25) is 9.69 Å². The van der Waals surface area contributed by atoms with Crippen LogP contribution in [0, 0.1) is 0 Å². The van der Waals surface area contributed by atoms with Gasteiger partial charge in [0.1, 0.15) is 5.71 Å². The number of thiophene rings is 1. The molecule has 126 valence electrons. The Morgan fingerprint density at radius 2 is 2.30 bits per heavy atom. The minimum atomic E-state index is -0.553. The molecule has 23 heavy (non-hydrogen) atoms. The summed E-state index contributed by atoms with van der Waals surface area (Å²) >= 11 is 7.37. The Morgan fingerprint density at radius 1 is 1.52 bits per heavy atom. The number of morpholine rings is 1. The van der Waals surface area contributed by atoms with E-state index in [9.17, 15) is 4.79 Å². The number of hydrogen-bond donors (Lipinski definition) is 1. The summed E-state index contributed by atoms with van der Waals surface area (Å²) in [5.41, 5.74) is 0.781. The molecule has 0 aliphatic carbocycles. The molecule has 1 aromatic rings. The zero-order valence-corrected chi connectivity index (χ0v) is 14.5. The Hall–Kier alpha value is -1.15. The Bertz CT molecular complexity index is 586. The van der Waals surface area contributed by atoms with Crippen molar-refractivity contribution in [1.82, 2.24) is 10.2 Å². The van der Waals surface area contributed by atoms with Gasteiger partial charge in [-0.15, -0.1) is 11.3 Å². The SMILES string of the molecule is C[C@@H](CNC(=O)[C@@H]1CC(c2ccc(Cl)s2)=NO1)N1CCOCC1. The summed E-state index contributed by atoms with van der Waals surface area (Å²) in [5, 5.41) is 6.98. The van der Waals surface area contributed by atoms with E-state index in [1.807, 2.05) is 12.1 Å². The third kappa shape index (κ3) is 4.23. The van der Waals surface area contributed by atoms with Crippen LogP contribution in [0.2, 0.25) is 4.34 Å². The van der Waals surface area contributed by atoms with E-state index in [0.717, 1.165) is 36.9 Å². The number of oxime groups is 1. The summed E-state index contributed by atoms with van der Waals surface area (Å²) < 4.78 is 6.04. The monoisotopic (exact) mass is 357 g/mol. The lowest BCUT2D eigenvalue weighted by Crippen LogP contribution is -2.48. The molecule has 0 unspecified atom stereocenters. The third-order valence-electron chi connectivity index (χ3n) is 4.06. The number of nitrogens with zero attached hydrogens (tertiary/aromatic N) is 2. The molecule has 0 saturated carbocycles. The van der Waals surface area contributed by atoms with Gasteiger partial charge in [-0.05, 0) is 19.1 Å². The molecule has 3 rings (SSSR count). The number of ether oxygens (including phenoxy) is 1. The second-order valence-corrected chi connectivity index (χ2v) is 7.40. The number of rotatable bonds is 5. The van der Waals surface area contributed by atoms with Crippen LogP contribution in [-0.2, 0) is 14.4 Å². The van der Waals surface area contributed by atoms with Crippen molar-refractivity contribution in [2.45, 2.75) is 25.5 Å². The summed E-state index contributed by atoms with van der Waals surface area (Å²) in [7, 11) is 0. The molecule has 2 aliphatic heterocycles. The molecule has 2 atom stereocenters. The second-order valence-electron chi connectivity index (χ2n) is 5.68. The van der Waals surface area contributed by atoms with Gasteiger partial charge in [-0.25, -0.2) is 0 Å². The van der Waals surface area contributed by atoms with Gasteiger partial charge in [0.2, 0.25) is 6.10 Å². The topological polar surface area (TPSA) is 63.2 Å². The van der Waals surface area contributed by atoms with Gasteiger partial charge in [0.15, 0.2) is 0 Å². The van der Waals surface area contributed by atoms with Crippen molar-refractivity contribution in [2.75, 3.05) is 32.8 Å². The highest BCUT2D eigenvalue weighted by atomic mass is 35.5. The summed E-state index contributed by atoms with van der Waals surface area (Å²) in [6.45, 7) is 6.03. The minimum Gasteiger partial charge on any atom is -0.382 e. The first-order valence-electron chi connectivity index (χ1n) is 7.71. The van der Waals surface area contributed by atoms with Crippen molar-refractivity contribution in [3.05, 3.63) is 21.3 Å². The van der Waals surface area contributed by atoms with Gasteiger partial charge in [0, 0.05) is 32.1 Å². The summed E-state index contributed by atoms with van der Waals surface area (Å²) in [6, 6.07) is 4.00. The molecule has 0 radical (unpaired) electrons. The zero-order valence-electron chi connectivity index (χ0n) is 13.0. The van der Waals surface area contributed by atoms with Crippen LogP contribution in [0.5, 0.6) is 0 Å². The number of carbonyl (C=O) groups is 1. The number of nitrogens with one attached hydrogen (secondary N) is 1. The van der Waals surface area contributed by atoms with Gasteiger partial charge >= 0.3 is 0 Å². The highest BCUT2D eigenvalue weighted by Crippen LogP contribution is 2.26. The number of carbonyl (C=O) groups excluding carboxylic acids is 1. The highest BCUT2D eigenvalue weighted by molar-refractivity contribution is 7.18. The van der Waals surface area contributed by atoms with Crippen LogP contribution in [0.1, 0.15) is 18.2 Å². The van der Waals surface area contributed by atoms with Gasteiger partial charge in [0.05, 0.1) is 22.4 Å². The largest absolute Gasteiger partial charge is 0.382 e. The van der Waals surface area contributed by atoms with Crippen molar-refractivity contribution < 1.29 is 14.4 Å². The van der Waals surface area contributed by atoms with Crippen molar-refractivity contribution in [3.8, 4) is 0 Å². The molecular weight excluding hydrogens is 338 g/mol. The lowest BCUT2D eigenvalue weighted by atomic mass is 10.1. The lowest BCUT2D eigenvalue weighted by molar-refractivity contribution is -0.131. The van der Waals surface area contributed by atoms with Crippen LogP contribution in [0.15, 0.2) is 17.3 Å². The lowest BCUT2D eigenvalue weighted by Gasteiger charge is -2.32. The van der Waals surface area contributed by atoms with E-state index in [-0.39, 0.29) is 11.9 Å². The maximum atomic E-state index is 12.2. The Kier molecular flexibility index (Phi) is 5.53. The fraction of sp³-hybridized carbons (Fsp3) is 0.600. The predicted octanol–water partition coefficient (Wildman–Crippen LogP) is 1.73. The number of halogens is 1. The average molecular weight is 358 g/mol. The van der Waals surface area contributed by atoms with E-state index in [1.165, 1.54) is 11.3 Å². The van der Waals surface area contributed by atoms with Gasteiger partial charge < -0.3 is 14.9 Å². The molecule has 0 aromatic carbocycles. The maximum absolute atomic E-state index is 12.2. The molecular formula is C15H20ClN3O3S. The van der Waals surface area contributed by atoms with Crippen molar-refractivity contribution in [1.29, 1.82) is 0 Å². The Morgan fingerprint density at radius 3 is 3.00 bits per heavy atom. The Balaban J connectivity index is 1.44. The number of hydrogen-bond acceptors (Lipinski definition) is 6. The van der Waals surface area contributed by atoms with Crippen LogP contribution >= 0.6 is 22.9 Å². The average Bonchev–Trinajstić information content (AvgIpc) is 3.22. The second kappa shape index (κ2) is 7.61. The molecule has 1 amide bonds. The first-order valence-corrected chi connectivity index (χ1v) is 8.91. The molecule has 3 heterocycles. The van der Waals surface area contributed by atoms with Crippen molar-refractivity contribution in [2.24, 2.45) is 5.16 Å². The van der Waals surface area contributed by atoms with Crippen LogP contribution < -0.4 is 5.32 Å². The summed E-state index contributed by atoms with van der Waals surface area (Å²) in [4.78, 5) is 20.8. The quantitative estimate of drug-likeness (QED) is 0.871. The summed E-state index contributed by atoms with van der Waals surface area (Å²) in [5.74, 6) is -0.119. The van der Waals surface area contributed by atoms with Crippen molar-refractivity contribution >= 4 is 34.6 Å². The van der Waals surface area contributed by atoms with Crippen LogP contribution in [0.4, 0.5) is 0 Å². The molecule has 0 bridgehead atoms. The number of amides is 1. The van der Waals surface area contributed by atoms with E-state index < -0.39 is 6.10 Å². The van der Waals surface area contributed by atoms with E-state index >= 15 is 0 Å². The molecule has 1 saturated heterocycles. The van der Waals surface area contributed by atoms with Gasteiger partial charge in [0.25, 0.3) is 5.91 Å². The highest BCUT2D eigenvalue weighted by Gasteiger charge is 2.30. The molecule has 8 heteroatoms. The van der Waals surface area contributed by atoms with Gasteiger partial charge in [-0.2, -0.15) is 0 Å². The minimum absolute atomic E-state index is 0.119. The van der Waals surface area contributed by atoms with Gasteiger partial charge in [-0.1, -0.05) is 16.8 Å². The summed E-state index contributed by atoms with van der Waals surface area (Å²) in [6.07, 6.45) is -0.0722. The zero-order chi connectivity index (χ0) is 16.2. The smallest absolute Gasteiger partial charge is 0.264 e. The van der Waals surface area contributed by atoms with Crippen LogP contribution in [0.25, 0.3) is 0 Å². The molecule has 1 fully saturated rings. The van der Waals surface area contributed by atoms with Crippen LogP contribution in [-0.4, -0.2) is 61.5 Å². The first kappa shape index (κ1) is 16.7. The molecule has 1 N–H and O–H groups in total. The Labute approximate surface area is 144 Å². The molecule has 1 aromatic heterocycles. The standard InChI is InChI=1S/C15H20ClN3O3S/c1-10(19-4-6-21-7-5-19)9-17-15(20)12-8-11(18-22-12)13-2-3-14(16)23-13/h2-3,10,12H,4-9H2,1H3,(H,17,20)/t10-,12-/m0/s1. The van der Waals surface area contributed by atoms with E-state index in [0.29, 0.717) is 17.3 Å². The molecule has 6 nitrogen and oxygen atoms in total. The van der Waals surface area contributed by atoms with E-state index in [4.69, 9.17) is 21.2 Å². The van der Waals surface area contributed by atoms with Crippen LogP contribution in [0.3, 0.4) is 0 Å². The molecule has 0 spiro atoms. The maximum Gasteiger partial charge on any atom is 0.264 e. The third-order valence-corrected chi connectivity index (χ3v) is 5.34. The fourth-order valence-electron chi connectivity index (χ4n) is 2.64. The van der Waals surface area contributed by atoms with E-state index in [1.54, 1.807) is 0 Å². The predicted molar refractivity (Wildman–Crippen MR) is 90.2 cm³/mol. The molecule has 2 aliphatic rings. The fourth-order valence-corrected chi connectivity index (χ4v) is 3.68. The van der Waals surface area contributed by atoms with E-state index in [2.05, 4.69) is 22.3 Å². The first-order chi connectivity index (χ1) is 11.1. The van der Waals surface area contributed by atoms with Crippen molar-refractivity contribution in [3.63, 3.8) is 0 Å². The normalized spacial score (nSPS) is 23.2.